The highest BCUT2D eigenvalue weighted by atomic mass is 32.2. The summed E-state index contributed by atoms with van der Waals surface area (Å²) in [6.07, 6.45) is -4.29. The van der Waals surface area contributed by atoms with Gasteiger partial charge in [0.05, 0.1) is 14.2 Å². The van der Waals surface area contributed by atoms with Crippen molar-refractivity contribution >= 4 is 23.5 Å². The summed E-state index contributed by atoms with van der Waals surface area (Å²) in [5.41, 5.74) is 2.35. The zero-order valence-electron chi connectivity index (χ0n) is 23.8. The first-order valence-corrected chi connectivity index (χ1v) is 14.2. The zero-order chi connectivity index (χ0) is 30.8. The molecule has 0 atom stereocenters. The van der Waals surface area contributed by atoms with E-state index >= 15 is 0 Å². The topological polar surface area (TPSA) is 69.3 Å². The quantitative estimate of drug-likeness (QED) is 0.162. The number of urea groups is 1. The normalized spacial score (nSPS) is 11.0. The van der Waals surface area contributed by atoms with Crippen LogP contribution in [0.3, 0.4) is 0 Å². The first kappa shape index (κ1) is 31.4. The average molecular weight is 613 g/mol. The Morgan fingerprint density at radius 1 is 0.837 bits per heavy atom. The van der Waals surface area contributed by atoms with Gasteiger partial charge in [0.25, 0.3) is 0 Å². The molecule has 11 heteroatoms. The van der Waals surface area contributed by atoms with E-state index in [1.807, 2.05) is 36.4 Å². The molecule has 4 aromatic rings. The number of likely N-dealkylation sites (N-methyl/N-ethyl adjacent to an activating group) is 1. The van der Waals surface area contributed by atoms with Crippen LogP contribution in [0.25, 0.3) is 0 Å². The van der Waals surface area contributed by atoms with Gasteiger partial charge in [-0.2, -0.15) is 0 Å². The highest BCUT2D eigenvalue weighted by molar-refractivity contribution is 7.98. The van der Waals surface area contributed by atoms with Crippen molar-refractivity contribution in [3.8, 4) is 28.7 Å². The van der Waals surface area contributed by atoms with E-state index in [0.717, 1.165) is 16.9 Å². The van der Waals surface area contributed by atoms with Gasteiger partial charge in [-0.1, -0.05) is 24.3 Å². The van der Waals surface area contributed by atoms with Crippen LogP contribution in [-0.4, -0.2) is 45.1 Å². The van der Waals surface area contributed by atoms with E-state index < -0.39 is 6.36 Å². The van der Waals surface area contributed by atoms with Crippen molar-refractivity contribution in [2.24, 2.45) is 0 Å². The molecule has 4 aromatic carbocycles. The maximum Gasteiger partial charge on any atom is 0.573 e. The summed E-state index contributed by atoms with van der Waals surface area (Å²) in [4.78, 5) is 15.1. The van der Waals surface area contributed by atoms with Crippen LogP contribution in [0.1, 0.15) is 11.1 Å². The Labute approximate surface area is 252 Å². The summed E-state index contributed by atoms with van der Waals surface area (Å²) < 4.78 is 58.9. The van der Waals surface area contributed by atoms with E-state index in [9.17, 15) is 18.0 Å². The smallest absolute Gasteiger partial charge is 0.497 e. The molecule has 0 bridgehead atoms. The second-order valence-corrected chi connectivity index (χ2v) is 10.4. The van der Waals surface area contributed by atoms with E-state index in [2.05, 4.69) is 10.1 Å². The number of methoxy groups -OCH3 is 2. The monoisotopic (exact) mass is 612 g/mol. The first-order valence-electron chi connectivity index (χ1n) is 13.2. The number of hydrogen-bond donors (Lipinski definition) is 1. The van der Waals surface area contributed by atoms with Crippen LogP contribution in [0.15, 0.2) is 95.9 Å². The SMILES string of the molecule is COc1cc(CCN(C)C(=O)Nc2ccc(Oc3ccccc3)cc2)c(CSc2cccc(OC(F)(F)F)c2)c(OC)c1. The summed E-state index contributed by atoms with van der Waals surface area (Å²) in [7, 11) is 4.79. The Bertz CT molecular complexity index is 1500. The number of thioether (sulfide) groups is 1. The number of carbonyl (C=O) groups is 1. The minimum absolute atomic E-state index is 0.287. The van der Waals surface area contributed by atoms with E-state index in [1.165, 1.54) is 30.0 Å². The number of anilines is 1. The molecular weight excluding hydrogens is 581 g/mol. The fraction of sp³-hybridized carbons (Fsp3) is 0.219. The summed E-state index contributed by atoms with van der Waals surface area (Å²) in [5, 5.41) is 2.88. The number of amides is 2. The van der Waals surface area contributed by atoms with Gasteiger partial charge in [0, 0.05) is 41.6 Å². The van der Waals surface area contributed by atoms with Crippen molar-refractivity contribution in [2.45, 2.75) is 23.4 Å². The molecule has 4 rings (SSSR count). The number of hydrogen-bond acceptors (Lipinski definition) is 6. The van der Waals surface area contributed by atoms with Crippen LogP contribution in [0, 0.1) is 0 Å². The van der Waals surface area contributed by atoms with Gasteiger partial charge < -0.3 is 29.2 Å². The third kappa shape index (κ3) is 9.50. The van der Waals surface area contributed by atoms with Crippen LogP contribution in [-0.2, 0) is 12.2 Å². The van der Waals surface area contributed by atoms with Crippen LogP contribution >= 0.6 is 11.8 Å². The number of halogens is 3. The number of alkyl halides is 3. The molecule has 0 spiro atoms. The number of rotatable bonds is 12. The van der Waals surface area contributed by atoms with Crippen molar-refractivity contribution in [3.63, 3.8) is 0 Å². The van der Waals surface area contributed by atoms with Gasteiger partial charge in [-0.3, -0.25) is 0 Å². The molecule has 0 heterocycles. The molecule has 226 valence electrons. The van der Waals surface area contributed by atoms with Crippen molar-refractivity contribution in [1.29, 1.82) is 0 Å². The zero-order valence-corrected chi connectivity index (χ0v) is 24.6. The Morgan fingerprint density at radius 2 is 1.53 bits per heavy atom. The highest BCUT2D eigenvalue weighted by Gasteiger charge is 2.31. The maximum atomic E-state index is 12.9. The largest absolute Gasteiger partial charge is 0.573 e. The van der Waals surface area contributed by atoms with Crippen LogP contribution in [0.4, 0.5) is 23.7 Å². The Morgan fingerprint density at radius 3 is 2.21 bits per heavy atom. The molecule has 1 N–H and O–H groups in total. The van der Waals surface area contributed by atoms with Gasteiger partial charge in [0.1, 0.15) is 28.7 Å². The van der Waals surface area contributed by atoms with Crippen LogP contribution in [0.2, 0.25) is 0 Å². The summed E-state index contributed by atoms with van der Waals surface area (Å²) in [6, 6.07) is 25.6. The number of ether oxygens (including phenoxy) is 4. The molecule has 43 heavy (non-hydrogen) atoms. The van der Waals surface area contributed by atoms with E-state index in [1.54, 1.807) is 62.6 Å². The molecule has 2 amide bonds. The molecule has 0 fully saturated rings. The third-order valence-electron chi connectivity index (χ3n) is 6.30. The molecule has 0 saturated carbocycles. The van der Waals surface area contributed by atoms with Crippen molar-refractivity contribution in [2.75, 3.05) is 33.1 Å². The average Bonchev–Trinajstić information content (AvgIpc) is 2.99. The van der Waals surface area contributed by atoms with Gasteiger partial charge in [0.15, 0.2) is 0 Å². The Balaban J connectivity index is 1.40. The molecule has 0 unspecified atom stereocenters. The van der Waals surface area contributed by atoms with Crippen molar-refractivity contribution < 1.29 is 36.9 Å². The standard InChI is InChI=1S/C32H31F3N2O5S/c1-37(31(38)36-23-12-14-25(15-13-23)41-24-8-5-4-6-9-24)17-16-22-18-27(39-2)20-30(40-3)29(22)21-43-28-11-7-10-26(19-28)42-32(33,34)35/h4-15,18-20H,16-17,21H2,1-3H3,(H,36,38). The Hall–Kier alpha value is -4.51. The van der Waals surface area contributed by atoms with Gasteiger partial charge in [-0.05, 0) is 72.6 Å². The second-order valence-electron chi connectivity index (χ2n) is 9.32. The number of benzene rings is 4. The minimum atomic E-state index is -4.77. The lowest BCUT2D eigenvalue weighted by Crippen LogP contribution is -2.33. The fourth-order valence-corrected chi connectivity index (χ4v) is 5.13. The molecule has 0 aliphatic carbocycles. The first-order chi connectivity index (χ1) is 20.6. The molecule has 0 aliphatic rings. The summed E-state index contributed by atoms with van der Waals surface area (Å²) in [6.45, 7) is 0.379. The van der Waals surface area contributed by atoms with Gasteiger partial charge in [-0.25, -0.2) is 4.79 Å². The number of carbonyl (C=O) groups excluding carboxylic acids is 1. The number of nitrogens with one attached hydrogen (secondary N) is 1. The van der Waals surface area contributed by atoms with Crippen LogP contribution in [0.5, 0.6) is 28.7 Å². The van der Waals surface area contributed by atoms with E-state index in [-0.39, 0.29) is 11.8 Å². The summed E-state index contributed by atoms with van der Waals surface area (Å²) >= 11 is 1.34. The predicted octanol–water partition coefficient (Wildman–Crippen LogP) is 8.39. The lowest BCUT2D eigenvalue weighted by atomic mass is 10.0. The lowest BCUT2D eigenvalue weighted by molar-refractivity contribution is -0.274. The van der Waals surface area contributed by atoms with E-state index in [4.69, 9.17) is 14.2 Å². The molecular formula is C32H31F3N2O5S. The lowest BCUT2D eigenvalue weighted by Gasteiger charge is -2.21. The van der Waals surface area contributed by atoms with Crippen molar-refractivity contribution in [1.82, 2.24) is 4.90 Å². The minimum Gasteiger partial charge on any atom is -0.497 e. The van der Waals surface area contributed by atoms with Gasteiger partial charge in [0.2, 0.25) is 0 Å². The second kappa shape index (κ2) is 14.6. The van der Waals surface area contributed by atoms with E-state index in [0.29, 0.717) is 46.5 Å². The molecule has 0 aromatic heterocycles. The Kier molecular flexibility index (Phi) is 10.7. The van der Waals surface area contributed by atoms with Gasteiger partial charge in [-0.15, -0.1) is 24.9 Å². The molecule has 0 radical (unpaired) electrons. The predicted molar refractivity (Wildman–Crippen MR) is 161 cm³/mol. The van der Waals surface area contributed by atoms with Gasteiger partial charge >= 0.3 is 12.4 Å². The molecule has 0 saturated heterocycles. The number of para-hydroxylation sites is 1. The van der Waals surface area contributed by atoms with Crippen molar-refractivity contribution in [3.05, 3.63) is 102 Å². The highest BCUT2D eigenvalue weighted by Crippen LogP contribution is 2.36. The molecule has 0 aliphatic heterocycles. The van der Waals surface area contributed by atoms with Crippen LogP contribution < -0.4 is 24.3 Å². The maximum absolute atomic E-state index is 12.9. The molecule has 7 nitrogen and oxygen atoms in total. The fourth-order valence-electron chi connectivity index (χ4n) is 4.12. The summed E-state index contributed by atoms with van der Waals surface area (Å²) in [5.74, 6) is 2.65. The number of nitrogens with zero attached hydrogens (tertiary/aromatic N) is 1. The third-order valence-corrected chi connectivity index (χ3v) is 7.32.